The quantitative estimate of drug-likeness (QED) is 0.450. The Balaban J connectivity index is 1.78. The molecular weight excluding hydrogens is 471 g/mol. The van der Waals surface area contributed by atoms with Crippen LogP contribution in [0.15, 0.2) is 23.8 Å². The molecule has 0 aliphatic heterocycles. The first-order valence-electron chi connectivity index (χ1n) is 11.4. The highest BCUT2D eigenvalue weighted by Crippen LogP contribution is 2.68. The summed E-state index contributed by atoms with van der Waals surface area (Å²) in [5, 5.41) is 22.5. The van der Waals surface area contributed by atoms with E-state index < -0.39 is 45.4 Å². The molecule has 0 radical (unpaired) electrons. The number of ether oxygens (including phenoxy) is 2. The van der Waals surface area contributed by atoms with Crippen molar-refractivity contribution in [3.8, 4) is 0 Å². The van der Waals surface area contributed by atoms with Gasteiger partial charge < -0.3 is 19.7 Å². The zero-order valence-electron chi connectivity index (χ0n) is 18.9. The van der Waals surface area contributed by atoms with Gasteiger partial charge in [-0.2, -0.15) is 0 Å². The van der Waals surface area contributed by atoms with Crippen LogP contribution in [0.2, 0.25) is 0 Å². The number of esters is 2. The zero-order valence-corrected chi connectivity index (χ0v) is 20.4. The van der Waals surface area contributed by atoms with Crippen molar-refractivity contribution in [2.24, 2.45) is 28.6 Å². The van der Waals surface area contributed by atoms with Crippen molar-refractivity contribution in [3.63, 3.8) is 0 Å². The van der Waals surface area contributed by atoms with E-state index in [9.17, 15) is 24.6 Å². The summed E-state index contributed by atoms with van der Waals surface area (Å²) >= 11 is 11.5. The Morgan fingerprint density at radius 1 is 1.27 bits per heavy atom. The highest BCUT2D eigenvalue weighted by atomic mass is 35.5. The average molecular weight is 501 g/mol. The van der Waals surface area contributed by atoms with E-state index in [1.165, 1.54) is 12.2 Å². The van der Waals surface area contributed by atoms with Crippen molar-refractivity contribution >= 4 is 40.9 Å². The Bertz CT molecular complexity index is 930. The predicted octanol–water partition coefficient (Wildman–Crippen LogP) is 2.88. The molecule has 0 unspecified atom stereocenters. The summed E-state index contributed by atoms with van der Waals surface area (Å²) in [5.74, 6) is -2.37. The predicted molar refractivity (Wildman–Crippen MR) is 120 cm³/mol. The van der Waals surface area contributed by atoms with Crippen molar-refractivity contribution in [3.05, 3.63) is 23.8 Å². The van der Waals surface area contributed by atoms with Gasteiger partial charge in [0.05, 0.1) is 18.8 Å². The highest BCUT2D eigenvalue weighted by Gasteiger charge is 2.72. The van der Waals surface area contributed by atoms with Gasteiger partial charge in [0.25, 0.3) is 0 Å². The molecule has 2 N–H and O–H groups in total. The summed E-state index contributed by atoms with van der Waals surface area (Å²) in [4.78, 5) is 36.3. The van der Waals surface area contributed by atoms with E-state index in [0.29, 0.717) is 18.4 Å². The molecule has 0 aromatic rings. The van der Waals surface area contributed by atoms with Crippen LogP contribution in [0.5, 0.6) is 0 Å². The fraction of sp³-hybridized carbons (Fsp3) is 0.708. The molecule has 0 saturated heterocycles. The molecule has 3 saturated carbocycles. The lowest BCUT2D eigenvalue weighted by molar-refractivity contribution is -0.213. The van der Waals surface area contributed by atoms with Crippen molar-refractivity contribution in [2.75, 3.05) is 6.61 Å². The Morgan fingerprint density at radius 3 is 2.61 bits per heavy atom. The van der Waals surface area contributed by atoms with E-state index in [1.54, 1.807) is 13.0 Å². The molecule has 7 nitrogen and oxygen atoms in total. The molecule has 8 atom stereocenters. The summed E-state index contributed by atoms with van der Waals surface area (Å²) in [6.45, 7) is 5.55. The summed E-state index contributed by atoms with van der Waals surface area (Å²) in [6, 6.07) is 0. The topological polar surface area (TPSA) is 110 Å². The molecule has 0 aromatic heterocycles. The van der Waals surface area contributed by atoms with E-state index >= 15 is 0 Å². The van der Waals surface area contributed by atoms with Crippen LogP contribution in [0.3, 0.4) is 0 Å². The number of aliphatic hydroxyl groups excluding tert-OH is 2. The Kier molecular flexibility index (Phi) is 6.26. The van der Waals surface area contributed by atoms with Gasteiger partial charge in [0.15, 0.2) is 5.78 Å². The molecule has 182 valence electrons. The summed E-state index contributed by atoms with van der Waals surface area (Å²) in [7, 11) is 0. The smallest absolute Gasteiger partial charge is 0.351 e. The Morgan fingerprint density at radius 2 is 1.97 bits per heavy atom. The number of alkyl halides is 2. The maximum absolute atomic E-state index is 13.3. The molecule has 0 amide bonds. The second-order valence-corrected chi connectivity index (χ2v) is 11.3. The SMILES string of the molecule is CCOC(=O)[C@@]1(OC(=O)C(Cl)Cl)CC[C@H]2[C@@H]3C[C@H](O)C4=CC(=O)C=C[C@]4(C)[C@H]3[C@@H](O)C[C@@]21C. The first kappa shape index (κ1) is 24.7. The number of carbonyl (C=O) groups is 3. The number of halogens is 2. The Labute approximate surface area is 203 Å². The molecule has 0 heterocycles. The number of ketones is 1. The minimum atomic E-state index is -1.64. The maximum atomic E-state index is 13.3. The standard InChI is InChI=1S/C24H30Cl2O7/c1-4-32-21(31)24(33-20(30)19(25)26)8-6-14-13-10-16(28)15-9-12(27)5-7-22(15,2)18(13)17(29)11-23(14,24)3/h5,7,9,13-14,16-19,28-29H,4,6,8,10-11H2,1-3H3/t13-,14-,16-,17-,18+,22-,23-,24-/m0/s1. The lowest BCUT2D eigenvalue weighted by Crippen LogP contribution is -2.64. The van der Waals surface area contributed by atoms with Gasteiger partial charge >= 0.3 is 11.9 Å². The molecule has 9 heteroatoms. The lowest BCUT2D eigenvalue weighted by Gasteiger charge is -2.60. The van der Waals surface area contributed by atoms with Gasteiger partial charge in [-0.3, -0.25) is 4.79 Å². The first-order chi connectivity index (χ1) is 15.4. The molecule has 3 fully saturated rings. The molecule has 0 spiro atoms. The minimum Gasteiger partial charge on any atom is -0.463 e. The monoisotopic (exact) mass is 500 g/mol. The van der Waals surface area contributed by atoms with Crippen molar-refractivity contribution < 1.29 is 34.1 Å². The van der Waals surface area contributed by atoms with Crippen molar-refractivity contribution in [1.29, 1.82) is 0 Å². The lowest BCUT2D eigenvalue weighted by atomic mass is 9.46. The third kappa shape index (κ3) is 3.49. The van der Waals surface area contributed by atoms with E-state index in [4.69, 9.17) is 32.7 Å². The molecule has 4 aliphatic rings. The van der Waals surface area contributed by atoms with Crippen molar-refractivity contribution in [1.82, 2.24) is 0 Å². The molecule has 4 aliphatic carbocycles. The van der Waals surface area contributed by atoms with Crippen LogP contribution in [0, 0.1) is 28.6 Å². The number of hydrogen-bond donors (Lipinski definition) is 2. The summed E-state index contributed by atoms with van der Waals surface area (Å²) < 4.78 is 11.1. The van der Waals surface area contributed by atoms with Crippen LogP contribution < -0.4 is 0 Å². The van der Waals surface area contributed by atoms with Gasteiger partial charge in [-0.05, 0) is 62.2 Å². The van der Waals surface area contributed by atoms with Gasteiger partial charge in [-0.1, -0.05) is 43.1 Å². The van der Waals surface area contributed by atoms with Gasteiger partial charge in [-0.15, -0.1) is 0 Å². The van der Waals surface area contributed by atoms with Crippen LogP contribution in [0.4, 0.5) is 0 Å². The van der Waals surface area contributed by atoms with Gasteiger partial charge in [0.1, 0.15) is 0 Å². The largest absolute Gasteiger partial charge is 0.463 e. The van der Waals surface area contributed by atoms with E-state index in [2.05, 4.69) is 0 Å². The molecule has 4 rings (SSSR count). The van der Waals surface area contributed by atoms with Crippen LogP contribution in [0.25, 0.3) is 0 Å². The summed E-state index contributed by atoms with van der Waals surface area (Å²) in [5.41, 5.74) is -2.67. The van der Waals surface area contributed by atoms with Crippen LogP contribution >= 0.6 is 23.2 Å². The zero-order chi connectivity index (χ0) is 24.3. The second-order valence-electron chi connectivity index (χ2n) is 10.2. The van der Waals surface area contributed by atoms with E-state index in [1.807, 2.05) is 13.8 Å². The third-order valence-corrected chi connectivity index (χ3v) is 9.05. The van der Waals surface area contributed by atoms with E-state index in [-0.39, 0.29) is 43.0 Å². The number of carbonyl (C=O) groups excluding carboxylic acids is 3. The molecule has 33 heavy (non-hydrogen) atoms. The Hall–Kier alpha value is -1.41. The average Bonchev–Trinajstić information content (AvgIpc) is 3.02. The molecule has 0 aromatic carbocycles. The highest BCUT2D eigenvalue weighted by molar-refractivity contribution is 6.53. The summed E-state index contributed by atoms with van der Waals surface area (Å²) in [6.07, 6.45) is 4.29. The van der Waals surface area contributed by atoms with Crippen molar-refractivity contribution in [2.45, 2.75) is 69.1 Å². The number of aliphatic hydroxyl groups is 2. The van der Waals surface area contributed by atoms with Crippen LogP contribution in [0.1, 0.15) is 46.5 Å². The fourth-order valence-corrected chi connectivity index (χ4v) is 7.47. The normalized spacial score (nSPS) is 43.9. The van der Waals surface area contributed by atoms with Crippen LogP contribution in [-0.4, -0.2) is 57.2 Å². The molecule has 0 bridgehead atoms. The fourth-order valence-electron chi connectivity index (χ4n) is 7.38. The third-order valence-electron chi connectivity index (χ3n) is 8.69. The van der Waals surface area contributed by atoms with Gasteiger partial charge in [0.2, 0.25) is 10.4 Å². The van der Waals surface area contributed by atoms with E-state index in [0.717, 1.165) is 0 Å². The van der Waals surface area contributed by atoms with Gasteiger partial charge in [-0.25, -0.2) is 9.59 Å². The number of hydrogen-bond acceptors (Lipinski definition) is 7. The number of fused-ring (bicyclic) bond motifs is 5. The second kappa shape index (κ2) is 8.36. The number of rotatable bonds is 4. The number of allylic oxidation sites excluding steroid dienone is 3. The minimum absolute atomic E-state index is 0.0996. The molecular formula is C24H30Cl2O7. The van der Waals surface area contributed by atoms with Gasteiger partial charge in [0, 0.05) is 16.7 Å². The first-order valence-corrected chi connectivity index (χ1v) is 12.3. The van der Waals surface area contributed by atoms with Crippen LogP contribution in [-0.2, 0) is 23.9 Å². The maximum Gasteiger partial charge on any atom is 0.351 e.